The summed E-state index contributed by atoms with van der Waals surface area (Å²) in [6, 6.07) is 21.4. The molecule has 0 saturated heterocycles. The number of hydrogen-bond donors (Lipinski definition) is 4. The maximum atomic E-state index is 10.6. The highest BCUT2D eigenvalue weighted by Gasteiger charge is 2.18. The lowest BCUT2D eigenvalue weighted by Crippen LogP contribution is -2.34. The van der Waals surface area contributed by atoms with Crippen molar-refractivity contribution in [1.82, 2.24) is 9.80 Å². The average Bonchev–Trinajstić information content (AvgIpc) is 2.97. The molecule has 222 valence electrons. The van der Waals surface area contributed by atoms with Crippen LogP contribution >= 0.6 is 0 Å². The van der Waals surface area contributed by atoms with Crippen LogP contribution < -0.4 is 9.47 Å². The van der Waals surface area contributed by atoms with Crippen LogP contribution in [0.25, 0.3) is 0 Å². The van der Waals surface area contributed by atoms with Crippen LogP contribution in [0.3, 0.4) is 0 Å². The lowest BCUT2D eigenvalue weighted by molar-refractivity contribution is 0.178. The summed E-state index contributed by atoms with van der Waals surface area (Å²) in [5, 5.41) is 42.5. The molecule has 0 aliphatic rings. The topological polar surface area (TPSA) is 106 Å². The Kier molecular flexibility index (Phi) is 10.2. The molecule has 0 heterocycles. The summed E-state index contributed by atoms with van der Waals surface area (Å²) in [5.41, 5.74) is 5.05. The van der Waals surface area contributed by atoms with Crippen molar-refractivity contribution in [3.8, 4) is 34.5 Å². The molecule has 0 unspecified atom stereocenters. The van der Waals surface area contributed by atoms with Crippen molar-refractivity contribution in [3.63, 3.8) is 0 Å². The van der Waals surface area contributed by atoms with E-state index in [1.807, 2.05) is 50.2 Å². The summed E-state index contributed by atoms with van der Waals surface area (Å²) in [6.45, 7) is 6.78. The molecule has 0 fully saturated rings. The van der Waals surface area contributed by atoms with E-state index in [-0.39, 0.29) is 23.0 Å². The Morgan fingerprint density at radius 3 is 1.12 bits per heavy atom. The highest BCUT2D eigenvalue weighted by molar-refractivity contribution is 5.41. The van der Waals surface area contributed by atoms with Crippen LogP contribution in [0.1, 0.15) is 33.4 Å². The van der Waals surface area contributed by atoms with E-state index in [1.165, 1.54) is 0 Å². The van der Waals surface area contributed by atoms with Gasteiger partial charge in [-0.15, -0.1) is 0 Å². The Hall–Kier alpha value is -4.40. The van der Waals surface area contributed by atoms with Gasteiger partial charge in [0.05, 0.1) is 14.2 Å². The van der Waals surface area contributed by atoms with Gasteiger partial charge in [0.2, 0.25) is 0 Å². The number of phenolic OH excluding ortho intramolecular Hbond substituents is 4. The summed E-state index contributed by atoms with van der Waals surface area (Å²) in [5.74, 6) is 2.04. The molecule has 0 saturated carbocycles. The second-order valence-corrected chi connectivity index (χ2v) is 10.7. The van der Waals surface area contributed by atoms with Gasteiger partial charge >= 0.3 is 0 Å². The fourth-order valence-corrected chi connectivity index (χ4v) is 4.99. The molecular weight excluding hydrogens is 532 g/mol. The second-order valence-electron chi connectivity index (χ2n) is 10.7. The minimum atomic E-state index is 0.164. The predicted octanol–water partition coefficient (Wildman–Crippen LogP) is 5.85. The molecule has 0 spiro atoms. The molecule has 42 heavy (non-hydrogen) atoms. The first kappa shape index (κ1) is 30.6. The third-order valence-electron chi connectivity index (χ3n) is 7.35. The van der Waals surface area contributed by atoms with E-state index in [0.29, 0.717) is 61.9 Å². The monoisotopic (exact) mass is 572 g/mol. The minimum absolute atomic E-state index is 0.164. The number of methoxy groups -OCH3 is 2. The first-order valence-electron chi connectivity index (χ1n) is 13.9. The molecule has 0 aliphatic carbocycles. The minimum Gasteiger partial charge on any atom is -0.508 e. The number of aromatic hydroxyl groups is 4. The fourth-order valence-electron chi connectivity index (χ4n) is 4.99. The molecule has 8 heteroatoms. The van der Waals surface area contributed by atoms with E-state index < -0.39 is 0 Å². The molecule has 8 nitrogen and oxygen atoms in total. The molecular formula is C34H40N2O6. The van der Waals surface area contributed by atoms with Gasteiger partial charge in [0.1, 0.15) is 34.5 Å². The molecule has 4 aromatic carbocycles. The molecule has 4 aromatic rings. The van der Waals surface area contributed by atoms with Crippen LogP contribution in [0.4, 0.5) is 0 Å². The van der Waals surface area contributed by atoms with Crippen molar-refractivity contribution in [2.75, 3.05) is 27.3 Å². The van der Waals surface area contributed by atoms with Crippen molar-refractivity contribution in [2.24, 2.45) is 0 Å². The van der Waals surface area contributed by atoms with Gasteiger partial charge in [-0.3, -0.25) is 9.80 Å². The van der Waals surface area contributed by atoms with Gasteiger partial charge in [0.15, 0.2) is 0 Å². The van der Waals surface area contributed by atoms with Crippen LogP contribution in [0, 0.1) is 13.8 Å². The Bertz CT molecular complexity index is 1390. The zero-order valence-corrected chi connectivity index (χ0v) is 24.7. The van der Waals surface area contributed by atoms with Gasteiger partial charge < -0.3 is 29.9 Å². The van der Waals surface area contributed by atoms with Crippen molar-refractivity contribution < 1.29 is 29.9 Å². The van der Waals surface area contributed by atoms with E-state index in [2.05, 4.69) is 9.80 Å². The van der Waals surface area contributed by atoms with E-state index in [1.54, 1.807) is 50.6 Å². The van der Waals surface area contributed by atoms with E-state index in [4.69, 9.17) is 9.47 Å². The first-order valence-corrected chi connectivity index (χ1v) is 13.9. The van der Waals surface area contributed by atoms with Gasteiger partial charge in [0.25, 0.3) is 0 Å². The van der Waals surface area contributed by atoms with Gasteiger partial charge in [-0.05, 0) is 62.4 Å². The third-order valence-corrected chi connectivity index (χ3v) is 7.35. The summed E-state index contributed by atoms with van der Waals surface area (Å²) >= 11 is 0. The van der Waals surface area contributed by atoms with Crippen LogP contribution in [0.2, 0.25) is 0 Å². The quantitative estimate of drug-likeness (QED) is 0.158. The van der Waals surface area contributed by atoms with Crippen molar-refractivity contribution in [2.45, 2.75) is 40.0 Å². The van der Waals surface area contributed by atoms with E-state index in [9.17, 15) is 20.4 Å². The van der Waals surface area contributed by atoms with Gasteiger partial charge in [-0.25, -0.2) is 0 Å². The average molecular weight is 573 g/mol. The van der Waals surface area contributed by atoms with Gasteiger partial charge in [-0.2, -0.15) is 0 Å². The number of nitrogens with zero attached hydrogens (tertiary/aromatic N) is 2. The SMILES string of the molecule is COc1ccc(O)c(CN(CCN(Cc2cc(C)ccc2O)Cc2cc(OC)ccc2O)Cc2cc(C)ccc2O)c1. The Labute approximate surface area is 247 Å². The standard InChI is InChI=1S/C34H40N2O6/c1-23-5-9-31(37)25(15-23)19-35(21-27-17-29(41-3)7-11-33(27)39)13-14-36(20-26-16-24(2)6-10-32(26)38)22-28-18-30(42-4)8-12-34(28)40/h5-12,15-18,37-40H,13-14,19-22H2,1-4H3. The van der Waals surface area contributed by atoms with Crippen molar-refractivity contribution >= 4 is 0 Å². The highest BCUT2D eigenvalue weighted by Crippen LogP contribution is 2.29. The summed E-state index contributed by atoms with van der Waals surface area (Å²) < 4.78 is 10.8. The molecule has 0 amide bonds. The normalized spacial score (nSPS) is 11.3. The fraction of sp³-hybridized carbons (Fsp3) is 0.294. The lowest BCUT2D eigenvalue weighted by atomic mass is 10.1. The van der Waals surface area contributed by atoms with Crippen LogP contribution in [0.5, 0.6) is 34.5 Å². The van der Waals surface area contributed by atoms with Crippen LogP contribution in [-0.4, -0.2) is 57.5 Å². The zero-order valence-electron chi connectivity index (χ0n) is 24.7. The lowest BCUT2D eigenvalue weighted by Gasteiger charge is -2.29. The smallest absolute Gasteiger partial charge is 0.120 e. The third kappa shape index (κ3) is 8.09. The number of ether oxygens (including phenoxy) is 2. The molecule has 0 radical (unpaired) electrons. The maximum Gasteiger partial charge on any atom is 0.120 e. The number of rotatable bonds is 13. The number of phenols is 4. The van der Waals surface area contributed by atoms with Gasteiger partial charge in [0, 0.05) is 61.5 Å². The summed E-state index contributed by atoms with van der Waals surface area (Å²) in [7, 11) is 3.18. The Balaban J connectivity index is 1.64. The zero-order chi connectivity index (χ0) is 30.2. The van der Waals surface area contributed by atoms with Crippen LogP contribution in [-0.2, 0) is 26.2 Å². The summed E-state index contributed by atoms with van der Waals surface area (Å²) in [4.78, 5) is 4.30. The van der Waals surface area contributed by atoms with Crippen molar-refractivity contribution in [1.29, 1.82) is 0 Å². The van der Waals surface area contributed by atoms with E-state index in [0.717, 1.165) is 22.3 Å². The van der Waals surface area contributed by atoms with Crippen molar-refractivity contribution in [3.05, 3.63) is 106 Å². The molecule has 0 bridgehead atoms. The van der Waals surface area contributed by atoms with Gasteiger partial charge in [-0.1, -0.05) is 35.4 Å². The Morgan fingerprint density at radius 2 is 0.786 bits per heavy atom. The van der Waals surface area contributed by atoms with E-state index >= 15 is 0 Å². The summed E-state index contributed by atoms with van der Waals surface area (Å²) in [6.07, 6.45) is 0. The molecule has 0 atom stereocenters. The largest absolute Gasteiger partial charge is 0.508 e. The first-order chi connectivity index (χ1) is 20.1. The predicted molar refractivity (Wildman–Crippen MR) is 163 cm³/mol. The number of hydrogen-bond acceptors (Lipinski definition) is 8. The molecule has 4 N–H and O–H groups in total. The second kappa shape index (κ2) is 14.0. The molecule has 4 rings (SSSR count). The van der Waals surface area contributed by atoms with Crippen LogP contribution in [0.15, 0.2) is 72.8 Å². The molecule has 0 aromatic heterocycles. The maximum absolute atomic E-state index is 10.6. The Morgan fingerprint density at radius 1 is 0.476 bits per heavy atom. The molecule has 0 aliphatic heterocycles. The highest BCUT2D eigenvalue weighted by atomic mass is 16.5. The number of aryl methyl sites for hydroxylation is 2. The number of benzene rings is 4.